The summed E-state index contributed by atoms with van der Waals surface area (Å²) in [6, 6.07) is 35.0. The van der Waals surface area contributed by atoms with Gasteiger partial charge in [-0.25, -0.2) is 0 Å². The van der Waals surface area contributed by atoms with E-state index in [0.717, 1.165) is 12.8 Å². The smallest absolute Gasteiger partial charge is 0.00882 e. The highest BCUT2D eigenvalue weighted by molar-refractivity contribution is 5.67. The third-order valence-corrected chi connectivity index (χ3v) is 5.43. The highest BCUT2D eigenvalue weighted by Crippen LogP contribution is 2.18. The lowest BCUT2D eigenvalue weighted by atomic mass is 9.97. The lowest BCUT2D eigenvalue weighted by molar-refractivity contribution is 1.31. The Hall–Kier alpha value is -3.38. The summed E-state index contributed by atoms with van der Waals surface area (Å²) in [4.78, 5) is 0. The van der Waals surface area contributed by atoms with Crippen LogP contribution in [0, 0.1) is 13.8 Å². The van der Waals surface area contributed by atoms with Gasteiger partial charge < -0.3 is 0 Å². The molecule has 148 valence electrons. The molecule has 4 aromatic rings. The zero-order valence-corrected chi connectivity index (χ0v) is 17.8. The fourth-order valence-corrected chi connectivity index (χ4v) is 3.95. The Morgan fingerprint density at radius 3 is 1.73 bits per heavy atom. The molecule has 0 saturated heterocycles. The van der Waals surface area contributed by atoms with Crippen LogP contribution in [-0.4, -0.2) is 0 Å². The van der Waals surface area contributed by atoms with Crippen molar-refractivity contribution in [2.24, 2.45) is 0 Å². The average Bonchev–Trinajstić information content (AvgIpc) is 2.77. The molecule has 0 heteroatoms. The summed E-state index contributed by atoms with van der Waals surface area (Å²) < 4.78 is 0. The van der Waals surface area contributed by atoms with E-state index in [2.05, 4.69) is 123 Å². The van der Waals surface area contributed by atoms with Crippen molar-refractivity contribution < 1.29 is 0 Å². The quantitative estimate of drug-likeness (QED) is 0.392. The van der Waals surface area contributed by atoms with Gasteiger partial charge in [-0.1, -0.05) is 114 Å². The minimum Gasteiger partial charge on any atom is -0.0728 e. The molecule has 4 aromatic carbocycles. The average molecular weight is 389 g/mol. The Balaban J connectivity index is 1.77. The lowest BCUT2D eigenvalue weighted by Gasteiger charge is -2.08. The Labute approximate surface area is 179 Å². The van der Waals surface area contributed by atoms with E-state index in [9.17, 15) is 0 Å². The summed E-state index contributed by atoms with van der Waals surface area (Å²) in [7, 11) is 0. The van der Waals surface area contributed by atoms with Crippen LogP contribution in [0.3, 0.4) is 0 Å². The topological polar surface area (TPSA) is 0 Å². The summed E-state index contributed by atoms with van der Waals surface area (Å²) in [6.07, 6.45) is 6.55. The van der Waals surface area contributed by atoms with Gasteiger partial charge in [0, 0.05) is 0 Å². The highest BCUT2D eigenvalue weighted by Gasteiger charge is 2.03. The van der Waals surface area contributed by atoms with E-state index < -0.39 is 0 Å². The van der Waals surface area contributed by atoms with Crippen LogP contribution in [-0.2, 0) is 12.8 Å². The summed E-state index contributed by atoms with van der Waals surface area (Å²) in [6.45, 7) is 4.35. The first-order valence-corrected chi connectivity index (χ1v) is 10.6. The van der Waals surface area contributed by atoms with Gasteiger partial charge in [0.15, 0.2) is 0 Å². The fourth-order valence-electron chi connectivity index (χ4n) is 3.95. The van der Waals surface area contributed by atoms with Crippen LogP contribution in [0.5, 0.6) is 0 Å². The van der Waals surface area contributed by atoms with E-state index in [0.29, 0.717) is 0 Å². The van der Waals surface area contributed by atoms with E-state index in [1.165, 1.54) is 43.8 Å². The summed E-state index contributed by atoms with van der Waals surface area (Å²) in [5, 5.41) is 2.56. The second kappa shape index (κ2) is 9.41. The molecular weight excluding hydrogens is 360 g/mol. The Bertz CT molecular complexity index is 1210. The minimum absolute atomic E-state index is 0.936. The maximum atomic E-state index is 2.35. The van der Waals surface area contributed by atoms with Crippen LogP contribution >= 0.6 is 0 Å². The van der Waals surface area contributed by atoms with Gasteiger partial charge in [0.05, 0.1) is 0 Å². The van der Waals surface area contributed by atoms with Crippen LogP contribution in [0.4, 0.5) is 0 Å². The monoisotopic (exact) mass is 388 g/mol. The molecule has 4 rings (SSSR count). The first-order chi connectivity index (χ1) is 14.7. The van der Waals surface area contributed by atoms with Gasteiger partial charge >= 0.3 is 0 Å². The molecule has 0 spiro atoms. The van der Waals surface area contributed by atoms with Crippen molar-refractivity contribution in [1.29, 1.82) is 0 Å². The van der Waals surface area contributed by atoms with E-state index in [1.54, 1.807) is 0 Å². The van der Waals surface area contributed by atoms with Gasteiger partial charge in [-0.05, 0) is 65.4 Å². The molecule has 30 heavy (non-hydrogen) atoms. The van der Waals surface area contributed by atoms with Crippen molar-refractivity contribution in [3.63, 3.8) is 0 Å². The molecule has 0 aromatic heterocycles. The maximum absolute atomic E-state index is 2.35. The van der Waals surface area contributed by atoms with Crippen LogP contribution in [0.2, 0.25) is 0 Å². The van der Waals surface area contributed by atoms with Gasteiger partial charge in [0.2, 0.25) is 0 Å². The molecule has 0 radical (unpaired) electrons. The van der Waals surface area contributed by atoms with Crippen molar-refractivity contribution in [3.05, 3.63) is 130 Å². The molecule has 0 unspecified atom stereocenters. The van der Waals surface area contributed by atoms with Gasteiger partial charge in [0.1, 0.15) is 0 Å². The van der Waals surface area contributed by atoms with Gasteiger partial charge in [-0.3, -0.25) is 0 Å². The van der Waals surface area contributed by atoms with Crippen LogP contribution in [0.25, 0.3) is 23.3 Å². The van der Waals surface area contributed by atoms with E-state index in [-0.39, 0.29) is 0 Å². The number of hydrogen-bond acceptors (Lipinski definition) is 0. The van der Waals surface area contributed by atoms with Crippen LogP contribution < -0.4 is 10.4 Å². The van der Waals surface area contributed by atoms with Crippen molar-refractivity contribution >= 4 is 12.2 Å². The molecular formula is C30H28. The van der Waals surface area contributed by atoms with E-state index in [4.69, 9.17) is 0 Å². The Morgan fingerprint density at radius 1 is 0.567 bits per heavy atom. The third-order valence-electron chi connectivity index (χ3n) is 5.43. The minimum atomic E-state index is 0.936. The van der Waals surface area contributed by atoms with Crippen molar-refractivity contribution in [3.8, 4) is 11.1 Å². The molecule has 0 fully saturated rings. The Kier molecular flexibility index (Phi) is 6.25. The summed E-state index contributed by atoms with van der Waals surface area (Å²) in [5.74, 6) is 0. The second-order valence-corrected chi connectivity index (χ2v) is 8.01. The van der Waals surface area contributed by atoms with Crippen LogP contribution in [0.1, 0.15) is 22.3 Å². The number of rotatable bonds is 5. The molecule has 0 N–H and O–H groups in total. The van der Waals surface area contributed by atoms with Crippen molar-refractivity contribution in [2.45, 2.75) is 26.7 Å². The number of benzene rings is 4. The predicted molar refractivity (Wildman–Crippen MR) is 130 cm³/mol. The SMILES string of the molecule is Cc1cc(C)cc(-c2cc(=CCc3ccccc3)ccc2=CCc2ccccc2)c1. The van der Waals surface area contributed by atoms with E-state index in [1.807, 2.05) is 0 Å². The zero-order chi connectivity index (χ0) is 20.8. The first kappa shape index (κ1) is 19.9. The fraction of sp³-hybridized carbons (Fsp3) is 0.133. The molecule has 0 nitrogen and oxygen atoms in total. The standard InChI is InChI=1S/C30H28/c1-23-19-24(2)21-29(20-23)30-22-27(14-13-25-9-5-3-6-10-25)16-18-28(30)17-15-26-11-7-4-8-12-26/h3-12,14,16-22H,13,15H2,1-2H3. The third kappa shape index (κ3) is 5.15. The molecule has 0 atom stereocenters. The first-order valence-electron chi connectivity index (χ1n) is 10.6. The van der Waals surface area contributed by atoms with E-state index >= 15 is 0 Å². The largest absolute Gasteiger partial charge is 0.0728 e. The molecule has 0 aliphatic carbocycles. The molecule has 0 aliphatic rings. The van der Waals surface area contributed by atoms with Gasteiger partial charge in [-0.2, -0.15) is 0 Å². The van der Waals surface area contributed by atoms with Gasteiger partial charge in [0.25, 0.3) is 0 Å². The number of aryl methyl sites for hydroxylation is 2. The predicted octanol–water partition coefficient (Wildman–Crippen LogP) is 6.02. The molecule has 0 amide bonds. The van der Waals surface area contributed by atoms with Gasteiger partial charge in [-0.15, -0.1) is 0 Å². The normalized spacial score (nSPS) is 12.3. The zero-order valence-electron chi connectivity index (χ0n) is 17.8. The maximum Gasteiger partial charge on any atom is -0.00882 e. The Morgan fingerprint density at radius 2 is 1.13 bits per heavy atom. The lowest BCUT2D eigenvalue weighted by Crippen LogP contribution is -2.13. The second-order valence-electron chi connectivity index (χ2n) is 8.01. The van der Waals surface area contributed by atoms with Crippen molar-refractivity contribution in [2.75, 3.05) is 0 Å². The summed E-state index contributed by atoms with van der Waals surface area (Å²) >= 11 is 0. The highest BCUT2D eigenvalue weighted by atomic mass is 14.1. The molecule has 0 saturated carbocycles. The molecule has 0 heterocycles. The molecule has 0 bridgehead atoms. The van der Waals surface area contributed by atoms with Crippen molar-refractivity contribution in [1.82, 2.24) is 0 Å². The molecule has 0 aliphatic heterocycles. The summed E-state index contributed by atoms with van der Waals surface area (Å²) in [5.41, 5.74) is 7.88. The number of hydrogen-bond donors (Lipinski definition) is 0. The van der Waals surface area contributed by atoms with Crippen LogP contribution in [0.15, 0.2) is 97.1 Å².